The molecule has 6 atom stereocenters. The lowest BCUT2D eigenvalue weighted by molar-refractivity contribution is -0.136. The number of fused-ring (bicyclic) bond motifs is 1. The third-order valence-corrected chi connectivity index (χ3v) is 6.60. The number of nitrogens with zero attached hydrogens (tertiary/aromatic N) is 4. The molecule has 0 aromatic carbocycles. The van der Waals surface area contributed by atoms with Gasteiger partial charge in [-0.05, 0) is 13.8 Å². The van der Waals surface area contributed by atoms with Crippen molar-refractivity contribution in [3.8, 4) is 5.88 Å². The molecule has 3 heterocycles. The maximum Gasteiger partial charge on any atom is 0.342 e. The van der Waals surface area contributed by atoms with E-state index >= 15 is 0 Å². The Hall–Kier alpha value is -2.35. The number of aromatic nitrogens is 4. The number of ether oxygens (including phenoxy) is 2. The quantitative estimate of drug-likeness (QED) is 0.326. The van der Waals surface area contributed by atoms with Gasteiger partial charge in [-0.3, -0.25) is 13.9 Å². The summed E-state index contributed by atoms with van der Waals surface area (Å²) in [5, 5.41) is 30.2. The molecule has 3 rings (SSSR count). The Morgan fingerprint density at radius 1 is 1.50 bits per heavy atom. The molecule has 1 aliphatic rings. The topological polar surface area (TPSA) is 212 Å². The number of carbonyl (C=O) groups is 1. The Morgan fingerprint density at radius 3 is 2.77 bits per heavy atom. The van der Waals surface area contributed by atoms with E-state index < -0.39 is 49.9 Å². The highest BCUT2D eigenvalue weighted by molar-refractivity contribution is 7.54. The number of aliphatic hydroxyl groups excluding tert-OH is 1. The second-order valence-corrected chi connectivity index (χ2v) is 9.15. The summed E-state index contributed by atoms with van der Waals surface area (Å²) in [6, 6.07) is 0. The van der Waals surface area contributed by atoms with E-state index in [1.54, 1.807) is 0 Å². The van der Waals surface area contributed by atoms with Gasteiger partial charge in [0.1, 0.15) is 17.8 Å². The largest absolute Gasteiger partial charge is 0.481 e. The third-order valence-electron chi connectivity index (χ3n) is 4.88. The second kappa shape index (κ2) is 7.72. The predicted molar refractivity (Wildman–Crippen MR) is 99.7 cm³/mol. The van der Waals surface area contributed by atoms with Crippen molar-refractivity contribution in [1.29, 1.82) is 0 Å². The SMILES string of the molecule is COc1nc(N)nc2c1ncn2[C@@H]1O[C@H](COP(=O)(O)[C@@H](C)C(=O)O)[C@@H](O)[C@@]1(C)O. The van der Waals surface area contributed by atoms with Crippen LogP contribution >= 0.6 is 7.60 Å². The Morgan fingerprint density at radius 2 is 2.17 bits per heavy atom. The van der Waals surface area contributed by atoms with Crippen LogP contribution in [-0.2, 0) is 18.6 Å². The van der Waals surface area contributed by atoms with Gasteiger partial charge in [0.05, 0.1) is 20.0 Å². The number of aliphatic hydroxyl groups is 2. The van der Waals surface area contributed by atoms with E-state index in [0.29, 0.717) is 0 Å². The predicted octanol–water partition coefficient (Wildman–Crippen LogP) is -0.899. The van der Waals surface area contributed by atoms with Gasteiger partial charge >= 0.3 is 13.6 Å². The van der Waals surface area contributed by atoms with Gasteiger partial charge in [0.15, 0.2) is 23.1 Å². The Kier molecular flexibility index (Phi) is 5.75. The van der Waals surface area contributed by atoms with Gasteiger partial charge in [-0.1, -0.05) is 0 Å². The van der Waals surface area contributed by atoms with Crippen molar-refractivity contribution in [2.45, 2.75) is 43.5 Å². The van der Waals surface area contributed by atoms with Crippen LogP contribution in [0, 0.1) is 0 Å². The van der Waals surface area contributed by atoms with Crippen LogP contribution in [0.25, 0.3) is 11.2 Å². The van der Waals surface area contributed by atoms with Crippen molar-refractivity contribution in [2.24, 2.45) is 0 Å². The van der Waals surface area contributed by atoms with Gasteiger partial charge in [-0.15, -0.1) is 0 Å². The van der Waals surface area contributed by atoms with E-state index in [4.69, 9.17) is 24.8 Å². The van der Waals surface area contributed by atoms with Crippen LogP contribution in [0.15, 0.2) is 6.33 Å². The van der Waals surface area contributed by atoms with E-state index in [1.807, 2.05) is 0 Å². The molecular formula is C15H22N5O9P. The fraction of sp³-hybridized carbons (Fsp3) is 0.600. The second-order valence-electron chi connectivity index (χ2n) is 6.99. The highest BCUT2D eigenvalue weighted by atomic mass is 31.2. The molecule has 0 spiro atoms. The minimum Gasteiger partial charge on any atom is -0.481 e. The number of hydrogen-bond donors (Lipinski definition) is 5. The van der Waals surface area contributed by atoms with Crippen LogP contribution in [0.4, 0.5) is 5.95 Å². The zero-order chi connectivity index (χ0) is 22.4. The molecule has 2 aromatic heterocycles. The van der Waals surface area contributed by atoms with Crippen molar-refractivity contribution in [1.82, 2.24) is 19.5 Å². The van der Waals surface area contributed by atoms with E-state index in [9.17, 15) is 24.5 Å². The van der Waals surface area contributed by atoms with Gasteiger partial charge in [-0.25, -0.2) is 4.98 Å². The van der Waals surface area contributed by atoms with Crippen molar-refractivity contribution < 1.29 is 43.6 Å². The molecule has 2 aromatic rings. The molecule has 0 radical (unpaired) electrons. The number of aliphatic carboxylic acids is 1. The summed E-state index contributed by atoms with van der Waals surface area (Å²) in [6.07, 6.45) is -2.77. The average Bonchev–Trinajstić information content (AvgIpc) is 3.17. The summed E-state index contributed by atoms with van der Waals surface area (Å²) in [5.41, 5.74) is 2.49. The van der Waals surface area contributed by atoms with Gasteiger partial charge in [0.25, 0.3) is 0 Å². The number of methoxy groups -OCH3 is 1. The van der Waals surface area contributed by atoms with E-state index in [1.165, 1.54) is 24.9 Å². The van der Waals surface area contributed by atoms with Crippen molar-refractivity contribution in [3.05, 3.63) is 6.33 Å². The molecule has 0 saturated carbocycles. The average molecular weight is 447 g/mol. The number of imidazole rings is 1. The smallest absolute Gasteiger partial charge is 0.342 e. The molecule has 14 nitrogen and oxygen atoms in total. The molecule has 0 bridgehead atoms. The molecule has 1 unspecified atom stereocenters. The first-order valence-corrected chi connectivity index (χ1v) is 10.3. The van der Waals surface area contributed by atoms with Gasteiger partial charge in [0, 0.05) is 0 Å². The van der Waals surface area contributed by atoms with Crippen LogP contribution < -0.4 is 10.5 Å². The number of carboxylic acid groups (broad SMARTS) is 1. The number of nitrogen functional groups attached to an aromatic ring is 1. The summed E-state index contributed by atoms with van der Waals surface area (Å²) in [6.45, 7) is 1.66. The molecular weight excluding hydrogens is 425 g/mol. The lowest BCUT2D eigenvalue weighted by Gasteiger charge is -2.27. The first-order valence-electron chi connectivity index (χ1n) is 8.70. The molecule has 0 amide bonds. The first kappa shape index (κ1) is 22.3. The van der Waals surface area contributed by atoms with Crippen LogP contribution in [-0.4, -0.2) is 82.9 Å². The third kappa shape index (κ3) is 3.73. The zero-order valence-electron chi connectivity index (χ0n) is 16.2. The Balaban J connectivity index is 1.88. The van der Waals surface area contributed by atoms with Crippen molar-refractivity contribution in [3.63, 3.8) is 0 Å². The minimum atomic E-state index is -4.54. The number of carboxylic acids is 1. The van der Waals surface area contributed by atoms with Crippen LogP contribution in [0.3, 0.4) is 0 Å². The number of hydrogen-bond acceptors (Lipinski definition) is 11. The highest BCUT2D eigenvalue weighted by Gasteiger charge is 2.54. The van der Waals surface area contributed by atoms with Gasteiger partial charge in [-0.2, -0.15) is 9.97 Å². The lowest BCUT2D eigenvalue weighted by atomic mass is 9.96. The maximum atomic E-state index is 12.1. The molecule has 6 N–H and O–H groups in total. The molecule has 1 saturated heterocycles. The molecule has 0 aliphatic carbocycles. The summed E-state index contributed by atoms with van der Waals surface area (Å²) >= 11 is 0. The van der Waals surface area contributed by atoms with Crippen molar-refractivity contribution in [2.75, 3.05) is 19.5 Å². The molecule has 30 heavy (non-hydrogen) atoms. The number of rotatable bonds is 7. The maximum absolute atomic E-state index is 12.1. The van der Waals surface area contributed by atoms with E-state index in [2.05, 4.69) is 15.0 Å². The van der Waals surface area contributed by atoms with Crippen LogP contribution in [0.1, 0.15) is 20.1 Å². The summed E-state index contributed by atoms with van der Waals surface area (Å²) < 4.78 is 29.0. The fourth-order valence-electron chi connectivity index (χ4n) is 3.03. The normalized spacial score (nSPS) is 29.6. The number of nitrogens with two attached hydrogens (primary N) is 1. The van der Waals surface area contributed by atoms with Crippen molar-refractivity contribution >= 4 is 30.7 Å². The lowest BCUT2D eigenvalue weighted by Crippen LogP contribution is -2.44. The van der Waals surface area contributed by atoms with E-state index in [0.717, 1.165) is 6.92 Å². The molecule has 1 aliphatic heterocycles. The Labute approximate surface area is 169 Å². The fourth-order valence-corrected chi connectivity index (χ4v) is 3.89. The summed E-state index contributed by atoms with van der Waals surface area (Å²) in [7, 11) is -3.18. The van der Waals surface area contributed by atoms with Gasteiger partial charge < -0.3 is 39.9 Å². The molecule has 1 fully saturated rings. The molecule has 15 heteroatoms. The van der Waals surface area contributed by atoms with Crippen LogP contribution in [0.5, 0.6) is 5.88 Å². The highest BCUT2D eigenvalue weighted by Crippen LogP contribution is 2.49. The number of anilines is 1. The summed E-state index contributed by atoms with van der Waals surface area (Å²) in [5.74, 6) is -1.55. The monoisotopic (exact) mass is 447 g/mol. The standard InChI is InChI=1S/C15H22N5O9P/c1-6(12(22)23)30(25,26)28-4-7-9(21)15(2,24)13(29-7)20-5-17-8-10(20)18-14(16)19-11(8)27-3/h5-7,9,13,21,24H,4H2,1-3H3,(H,22,23)(H,25,26)(H2,16,18,19)/t6-,7+,9+,13+,15+/m0/s1. The first-order chi connectivity index (χ1) is 13.9. The molecule has 166 valence electrons. The van der Waals surface area contributed by atoms with Crippen LogP contribution in [0.2, 0.25) is 0 Å². The van der Waals surface area contributed by atoms with Gasteiger partial charge in [0.2, 0.25) is 11.8 Å². The minimum absolute atomic E-state index is 0.0956. The van der Waals surface area contributed by atoms with E-state index in [-0.39, 0.29) is 23.0 Å². The zero-order valence-corrected chi connectivity index (χ0v) is 17.1. The Bertz CT molecular complexity index is 1010. The summed E-state index contributed by atoms with van der Waals surface area (Å²) in [4.78, 5) is 32.8.